The summed E-state index contributed by atoms with van der Waals surface area (Å²) in [7, 11) is 0. The summed E-state index contributed by atoms with van der Waals surface area (Å²) in [5.74, 6) is -0.262. The second-order valence-corrected chi connectivity index (χ2v) is 6.97. The molecule has 3 N–H and O–H groups in total. The second-order valence-electron chi connectivity index (χ2n) is 6.97. The molecule has 2 heterocycles. The van der Waals surface area contributed by atoms with Crippen molar-refractivity contribution in [3.63, 3.8) is 0 Å². The van der Waals surface area contributed by atoms with Crippen LogP contribution in [-0.4, -0.2) is 40.6 Å². The average Bonchev–Trinajstić information content (AvgIpc) is 2.95. The summed E-state index contributed by atoms with van der Waals surface area (Å²) >= 11 is 0. The minimum absolute atomic E-state index is 0.103. The minimum Gasteiger partial charge on any atom is -0.354 e. The molecule has 0 bridgehead atoms. The Morgan fingerprint density at radius 3 is 2.44 bits per heavy atom. The monoisotopic (exact) mass is 370 g/mol. The van der Waals surface area contributed by atoms with Gasteiger partial charge in [0.25, 0.3) is 11.1 Å². The Balaban J connectivity index is 1.68. The topological polar surface area (TPSA) is 98.1 Å². The van der Waals surface area contributed by atoms with Gasteiger partial charge in [0.15, 0.2) is 0 Å². The van der Waals surface area contributed by atoms with Crippen molar-refractivity contribution in [1.82, 2.24) is 20.4 Å². The Labute approximate surface area is 157 Å². The predicted molar refractivity (Wildman–Crippen MR) is 104 cm³/mol. The van der Waals surface area contributed by atoms with Gasteiger partial charge in [-0.1, -0.05) is 43.2 Å². The SMILES string of the molecule is O=C(Cc1cc(=O)[nH][nH]c1=O)NCC(c1ccccc1)N1CCCCCC1. The summed E-state index contributed by atoms with van der Waals surface area (Å²) in [6.45, 7) is 2.51. The zero-order chi connectivity index (χ0) is 19.1. The normalized spacial score (nSPS) is 16.4. The van der Waals surface area contributed by atoms with Crippen LogP contribution in [0.25, 0.3) is 0 Å². The van der Waals surface area contributed by atoms with Gasteiger partial charge in [-0.15, -0.1) is 0 Å². The number of aromatic nitrogens is 2. The summed E-state index contributed by atoms with van der Waals surface area (Å²) in [4.78, 5) is 37.9. The first-order chi connectivity index (χ1) is 13.1. The molecule has 1 saturated heterocycles. The highest BCUT2D eigenvalue weighted by molar-refractivity contribution is 5.78. The molecule has 1 atom stereocenters. The third-order valence-corrected chi connectivity index (χ3v) is 5.01. The summed E-state index contributed by atoms with van der Waals surface area (Å²) in [6.07, 6.45) is 4.71. The maximum atomic E-state index is 12.4. The van der Waals surface area contributed by atoms with Crippen LogP contribution in [0.1, 0.15) is 42.9 Å². The van der Waals surface area contributed by atoms with Gasteiger partial charge in [-0.25, -0.2) is 0 Å². The van der Waals surface area contributed by atoms with Crippen LogP contribution in [0.3, 0.4) is 0 Å². The number of nitrogens with zero attached hydrogens (tertiary/aromatic N) is 1. The van der Waals surface area contributed by atoms with Gasteiger partial charge in [0.1, 0.15) is 0 Å². The molecule has 1 aromatic heterocycles. The molecular formula is C20H26N4O3. The number of carbonyl (C=O) groups is 1. The van der Waals surface area contributed by atoms with E-state index in [1.807, 2.05) is 18.2 Å². The summed E-state index contributed by atoms with van der Waals surface area (Å²) < 4.78 is 0. The molecule has 7 nitrogen and oxygen atoms in total. The van der Waals surface area contributed by atoms with Gasteiger partial charge in [-0.3, -0.25) is 29.5 Å². The maximum Gasteiger partial charge on any atom is 0.266 e. The standard InChI is InChI=1S/C20H26N4O3/c25-18(12-16-13-19(26)22-23-20(16)27)21-14-17(15-8-4-3-5-9-15)24-10-6-1-2-7-11-24/h3-5,8-9,13,17H,1-2,6-7,10-12,14H2,(H,21,25)(H,22,26)(H,23,27). The van der Waals surface area contributed by atoms with E-state index in [1.165, 1.54) is 37.3 Å². The molecule has 1 unspecified atom stereocenters. The number of hydrogen-bond acceptors (Lipinski definition) is 4. The summed E-state index contributed by atoms with van der Waals surface area (Å²) in [5.41, 5.74) is 0.469. The van der Waals surface area contributed by atoms with E-state index in [-0.39, 0.29) is 23.9 Å². The van der Waals surface area contributed by atoms with Crippen molar-refractivity contribution < 1.29 is 4.79 Å². The van der Waals surface area contributed by atoms with Crippen LogP contribution >= 0.6 is 0 Å². The molecule has 144 valence electrons. The zero-order valence-corrected chi connectivity index (χ0v) is 15.4. The van der Waals surface area contributed by atoms with Crippen molar-refractivity contribution in [2.45, 2.75) is 38.1 Å². The zero-order valence-electron chi connectivity index (χ0n) is 15.4. The Kier molecular flexibility index (Phi) is 6.59. The molecule has 0 saturated carbocycles. The lowest BCUT2D eigenvalue weighted by Gasteiger charge is -2.31. The first kappa shape index (κ1) is 19.1. The smallest absolute Gasteiger partial charge is 0.266 e. The Bertz CT molecular complexity index is 851. The number of hydrogen-bond donors (Lipinski definition) is 3. The van der Waals surface area contributed by atoms with Gasteiger partial charge in [0.05, 0.1) is 12.5 Å². The molecule has 1 aromatic carbocycles. The lowest BCUT2D eigenvalue weighted by atomic mass is 10.0. The van der Waals surface area contributed by atoms with E-state index in [9.17, 15) is 14.4 Å². The van der Waals surface area contributed by atoms with Crippen molar-refractivity contribution in [3.8, 4) is 0 Å². The number of carbonyl (C=O) groups excluding carboxylic acids is 1. The fourth-order valence-electron chi connectivity index (χ4n) is 3.58. The van der Waals surface area contributed by atoms with E-state index in [0.29, 0.717) is 6.54 Å². The van der Waals surface area contributed by atoms with Gasteiger partial charge < -0.3 is 5.32 Å². The number of likely N-dealkylation sites (tertiary alicyclic amines) is 1. The maximum absolute atomic E-state index is 12.4. The number of nitrogens with one attached hydrogen (secondary N) is 3. The first-order valence-corrected chi connectivity index (χ1v) is 9.50. The number of H-pyrrole nitrogens is 2. The molecule has 27 heavy (non-hydrogen) atoms. The third-order valence-electron chi connectivity index (χ3n) is 5.01. The van der Waals surface area contributed by atoms with Crippen molar-refractivity contribution in [3.05, 3.63) is 68.2 Å². The number of amides is 1. The highest BCUT2D eigenvalue weighted by Crippen LogP contribution is 2.23. The lowest BCUT2D eigenvalue weighted by molar-refractivity contribution is -0.120. The highest BCUT2D eigenvalue weighted by Gasteiger charge is 2.22. The molecule has 1 fully saturated rings. The Morgan fingerprint density at radius 2 is 1.74 bits per heavy atom. The first-order valence-electron chi connectivity index (χ1n) is 9.50. The number of benzene rings is 1. The average molecular weight is 370 g/mol. The largest absolute Gasteiger partial charge is 0.354 e. The van der Waals surface area contributed by atoms with Gasteiger partial charge >= 0.3 is 0 Å². The molecule has 2 aromatic rings. The van der Waals surface area contributed by atoms with Gasteiger partial charge in [-0.2, -0.15) is 0 Å². The molecule has 1 aliphatic rings. The Hall–Kier alpha value is -2.67. The van der Waals surface area contributed by atoms with E-state index < -0.39 is 11.1 Å². The van der Waals surface area contributed by atoms with Crippen LogP contribution in [0.5, 0.6) is 0 Å². The molecule has 0 radical (unpaired) electrons. The number of aromatic amines is 2. The summed E-state index contributed by atoms with van der Waals surface area (Å²) in [6, 6.07) is 11.5. The Morgan fingerprint density at radius 1 is 1.04 bits per heavy atom. The van der Waals surface area contributed by atoms with Crippen molar-refractivity contribution >= 4 is 5.91 Å². The van der Waals surface area contributed by atoms with Crippen molar-refractivity contribution in [2.24, 2.45) is 0 Å². The van der Waals surface area contributed by atoms with E-state index in [0.717, 1.165) is 13.1 Å². The molecule has 0 spiro atoms. The molecular weight excluding hydrogens is 344 g/mol. The van der Waals surface area contributed by atoms with E-state index in [4.69, 9.17) is 0 Å². The molecule has 0 aliphatic carbocycles. The van der Waals surface area contributed by atoms with E-state index in [1.54, 1.807) is 0 Å². The highest BCUT2D eigenvalue weighted by atomic mass is 16.2. The van der Waals surface area contributed by atoms with Crippen LogP contribution in [0, 0.1) is 0 Å². The second kappa shape index (κ2) is 9.32. The third kappa shape index (κ3) is 5.40. The number of rotatable bonds is 6. The van der Waals surface area contributed by atoms with Crippen LogP contribution in [0.2, 0.25) is 0 Å². The fraction of sp³-hybridized carbons (Fsp3) is 0.450. The van der Waals surface area contributed by atoms with Crippen molar-refractivity contribution in [1.29, 1.82) is 0 Å². The molecule has 1 aliphatic heterocycles. The molecule has 3 rings (SSSR count). The van der Waals surface area contributed by atoms with Crippen LogP contribution in [-0.2, 0) is 11.2 Å². The molecule has 1 amide bonds. The van der Waals surface area contributed by atoms with Crippen LogP contribution in [0.4, 0.5) is 0 Å². The van der Waals surface area contributed by atoms with Gasteiger partial charge in [-0.05, 0) is 31.5 Å². The van der Waals surface area contributed by atoms with Crippen LogP contribution < -0.4 is 16.4 Å². The molecule has 7 heteroatoms. The van der Waals surface area contributed by atoms with Crippen LogP contribution in [0.15, 0.2) is 46.0 Å². The van der Waals surface area contributed by atoms with Gasteiger partial charge in [0, 0.05) is 18.2 Å². The quantitative estimate of drug-likeness (QED) is 0.715. The summed E-state index contributed by atoms with van der Waals surface area (Å²) in [5, 5.41) is 7.39. The van der Waals surface area contributed by atoms with Gasteiger partial charge in [0.2, 0.25) is 5.91 Å². The van der Waals surface area contributed by atoms with Crippen molar-refractivity contribution in [2.75, 3.05) is 19.6 Å². The fourth-order valence-corrected chi connectivity index (χ4v) is 3.58. The van der Waals surface area contributed by atoms with E-state index >= 15 is 0 Å². The predicted octanol–water partition coefficient (Wildman–Crippen LogP) is 1.34. The lowest BCUT2D eigenvalue weighted by Crippen LogP contribution is -2.39. The minimum atomic E-state index is -0.447. The van der Waals surface area contributed by atoms with E-state index in [2.05, 4.69) is 32.5 Å².